The molecule has 0 saturated carbocycles. The van der Waals surface area contributed by atoms with E-state index in [0.717, 1.165) is 0 Å². The molecule has 21 heavy (non-hydrogen) atoms. The minimum atomic E-state index is -2.15. The summed E-state index contributed by atoms with van der Waals surface area (Å²) in [4.78, 5) is 12.6. The fraction of sp³-hybridized carbons (Fsp3) is 0.188. The average molecular weight is 284 g/mol. The summed E-state index contributed by atoms with van der Waals surface area (Å²) in [5, 5.41) is 21.8. The standard InChI is InChI=1S/C16H12O5/c1-20-9-6-7-13-12(8-9)15(18)14(17)10-4-2-3-5-11(10)16(15,19)21-13/h2-8,18-19H,1H3/t15-,16-/m1/s1. The Morgan fingerprint density at radius 3 is 2.62 bits per heavy atom. The average Bonchev–Trinajstić information content (AvgIpc) is 2.84. The fourth-order valence-corrected chi connectivity index (χ4v) is 3.12. The number of rotatable bonds is 1. The van der Waals surface area contributed by atoms with E-state index in [1.165, 1.54) is 13.2 Å². The van der Waals surface area contributed by atoms with Crippen molar-refractivity contribution < 1.29 is 24.5 Å². The van der Waals surface area contributed by atoms with Crippen molar-refractivity contribution in [2.75, 3.05) is 7.11 Å². The zero-order chi connectivity index (χ0) is 14.8. The summed E-state index contributed by atoms with van der Waals surface area (Å²) in [6, 6.07) is 11.2. The van der Waals surface area contributed by atoms with Gasteiger partial charge in [0.25, 0.3) is 5.79 Å². The SMILES string of the molecule is COc1ccc2c(c1)[C@@]1(O)C(=O)c3ccccc3[C@@]1(O)O2. The Morgan fingerprint density at radius 2 is 1.86 bits per heavy atom. The molecule has 0 spiro atoms. The van der Waals surface area contributed by atoms with Crippen molar-refractivity contribution in [2.45, 2.75) is 11.4 Å². The molecule has 2 aromatic rings. The molecule has 0 bridgehead atoms. The van der Waals surface area contributed by atoms with Gasteiger partial charge in [0, 0.05) is 16.7 Å². The summed E-state index contributed by atoms with van der Waals surface area (Å²) in [7, 11) is 1.49. The Labute approximate surface area is 120 Å². The van der Waals surface area contributed by atoms with Gasteiger partial charge >= 0.3 is 0 Å². The highest BCUT2D eigenvalue weighted by Gasteiger charge is 2.70. The summed E-state index contributed by atoms with van der Waals surface area (Å²) >= 11 is 0. The van der Waals surface area contributed by atoms with E-state index in [0.29, 0.717) is 5.75 Å². The van der Waals surface area contributed by atoms with Crippen molar-refractivity contribution in [1.82, 2.24) is 0 Å². The molecule has 0 saturated heterocycles. The van der Waals surface area contributed by atoms with E-state index in [1.807, 2.05) is 0 Å². The Hall–Kier alpha value is -2.37. The molecule has 5 heteroatoms. The lowest BCUT2D eigenvalue weighted by molar-refractivity contribution is -0.224. The molecule has 0 amide bonds. The number of ketones is 1. The molecule has 2 aromatic carbocycles. The molecule has 0 unspecified atom stereocenters. The van der Waals surface area contributed by atoms with Gasteiger partial charge < -0.3 is 19.7 Å². The first kappa shape index (κ1) is 12.4. The van der Waals surface area contributed by atoms with Gasteiger partial charge in [0.1, 0.15) is 11.5 Å². The molecule has 2 N–H and O–H groups in total. The van der Waals surface area contributed by atoms with Crippen LogP contribution in [0.15, 0.2) is 42.5 Å². The lowest BCUT2D eigenvalue weighted by Crippen LogP contribution is -2.48. The number of hydrogen-bond acceptors (Lipinski definition) is 5. The zero-order valence-electron chi connectivity index (χ0n) is 11.2. The fourth-order valence-electron chi connectivity index (χ4n) is 3.12. The van der Waals surface area contributed by atoms with Gasteiger partial charge in [-0.3, -0.25) is 4.79 Å². The molecular weight excluding hydrogens is 272 g/mol. The van der Waals surface area contributed by atoms with Crippen molar-refractivity contribution in [3.63, 3.8) is 0 Å². The number of Topliss-reactive ketones (excluding diaryl/α,β-unsaturated/α-hetero) is 1. The predicted octanol–water partition coefficient (Wildman–Crippen LogP) is 1.32. The monoisotopic (exact) mass is 284 g/mol. The van der Waals surface area contributed by atoms with Gasteiger partial charge in [-0.2, -0.15) is 0 Å². The molecule has 106 valence electrons. The third-order valence-electron chi connectivity index (χ3n) is 4.19. The van der Waals surface area contributed by atoms with E-state index in [1.54, 1.807) is 36.4 Å². The van der Waals surface area contributed by atoms with Crippen LogP contribution in [0.4, 0.5) is 0 Å². The molecule has 1 aliphatic carbocycles. The van der Waals surface area contributed by atoms with Crippen LogP contribution in [0.1, 0.15) is 21.5 Å². The Balaban J connectivity index is 2.02. The molecule has 1 aliphatic heterocycles. The first-order chi connectivity index (χ1) is 10.0. The highest BCUT2D eigenvalue weighted by molar-refractivity contribution is 6.09. The van der Waals surface area contributed by atoms with Crippen LogP contribution in [0.25, 0.3) is 0 Å². The van der Waals surface area contributed by atoms with E-state index < -0.39 is 17.2 Å². The van der Waals surface area contributed by atoms with Crippen molar-refractivity contribution in [2.24, 2.45) is 0 Å². The number of hydrogen-bond donors (Lipinski definition) is 2. The van der Waals surface area contributed by atoms with Crippen LogP contribution in [-0.4, -0.2) is 23.1 Å². The molecule has 0 radical (unpaired) electrons. The second-order valence-corrected chi connectivity index (χ2v) is 5.19. The Morgan fingerprint density at radius 1 is 1.10 bits per heavy atom. The van der Waals surface area contributed by atoms with Gasteiger partial charge in [-0.15, -0.1) is 0 Å². The largest absolute Gasteiger partial charge is 0.497 e. The van der Waals surface area contributed by atoms with Gasteiger partial charge in [0.05, 0.1) is 7.11 Å². The van der Waals surface area contributed by atoms with Crippen LogP contribution in [0, 0.1) is 0 Å². The zero-order valence-corrected chi connectivity index (χ0v) is 11.2. The lowest BCUT2D eigenvalue weighted by Gasteiger charge is -2.28. The number of methoxy groups -OCH3 is 1. The smallest absolute Gasteiger partial charge is 0.276 e. The summed E-state index contributed by atoms with van der Waals surface area (Å²) in [5.41, 5.74) is -1.41. The number of carbonyl (C=O) groups excluding carboxylic acids is 1. The van der Waals surface area contributed by atoms with E-state index in [-0.39, 0.29) is 22.4 Å². The third kappa shape index (κ3) is 1.21. The first-order valence-corrected chi connectivity index (χ1v) is 6.49. The van der Waals surface area contributed by atoms with Gasteiger partial charge in [0.15, 0.2) is 0 Å². The van der Waals surface area contributed by atoms with Crippen molar-refractivity contribution in [1.29, 1.82) is 0 Å². The minimum absolute atomic E-state index is 0.213. The summed E-state index contributed by atoms with van der Waals surface area (Å²) < 4.78 is 10.7. The molecule has 2 atom stereocenters. The quantitative estimate of drug-likeness (QED) is 0.826. The molecule has 0 fully saturated rings. The number of fused-ring (bicyclic) bond motifs is 5. The second-order valence-electron chi connectivity index (χ2n) is 5.19. The van der Waals surface area contributed by atoms with Crippen LogP contribution in [-0.2, 0) is 11.4 Å². The molecule has 2 aliphatic rings. The Bertz CT molecular complexity index is 784. The minimum Gasteiger partial charge on any atom is -0.497 e. The van der Waals surface area contributed by atoms with Gasteiger partial charge in [-0.05, 0) is 18.2 Å². The van der Waals surface area contributed by atoms with Gasteiger partial charge in [-0.1, -0.05) is 24.3 Å². The summed E-state index contributed by atoms with van der Waals surface area (Å²) in [5.74, 6) is -1.94. The summed E-state index contributed by atoms with van der Waals surface area (Å²) in [6.45, 7) is 0. The number of ether oxygens (including phenoxy) is 2. The van der Waals surface area contributed by atoms with Crippen molar-refractivity contribution in [3.8, 4) is 11.5 Å². The maximum absolute atomic E-state index is 12.6. The number of aliphatic hydroxyl groups is 2. The number of benzene rings is 2. The normalized spacial score (nSPS) is 28.6. The highest BCUT2D eigenvalue weighted by atomic mass is 16.7. The van der Waals surface area contributed by atoms with Crippen LogP contribution in [0.2, 0.25) is 0 Å². The molecule has 0 aromatic heterocycles. The Kier molecular flexibility index (Phi) is 2.14. The summed E-state index contributed by atoms with van der Waals surface area (Å²) in [6.07, 6.45) is 0. The highest BCUT2D eigenvalue weighted by Crippen LogP contribution is 2.58. The van der Waals surface area contributed by atoms with E-state index in [4.69, 9.17) is 9.47 Å². The maximum atomic E-state index is 12.6. The topological polar surface area (TPSA) is 76.0 Å². The van der Waals surface area contributed by atoms with E-state index in [9.17, 15) is 15.0 Å². The number of carbonyl (C=O) groups is 1. The molecule has 1 heterocycles. The molecule has 5 nitrogen and oxygen atoms in total. The molecule has 4 rings (SSSR count). The maximum Gasteiger partial charge on any atom is 0.276 e. The van der Waals surface area contributed by atoms with Crippen LogP contribution in [0.3, 0.4) is 0 Å². The van der Waals surface area contributed by atoms with Gasteiger partial charge in [-0.25, -0.2) is 0 Å². The van der Waals surface area contributed by atoms with Crippen molar-refractivity contribution >= 4 is 5.78 Å². The van der Waals surface area contributed by atoms with E-state index >= 15 is 0 Å². The van der Waals surface area contributed by atoms with E-state index in [2.05, 4.69) is 0 Å². The second kappa shape index (κ2) is 3.63. The lowest BCUT2D eigenvalue weighted by atomic mass is 9.87. The predicted molar refractivity (Wildman–Crippen MR) is 72.2 cm³/mol. The van der Waals surface area contributed by atoms with Crippen LogP contribution >= 0.6 is 0 Å². The van der Waals surface area contributed by atoms with Crippen LogP contribution in [0.5, 0.6) is 11.5 Å². The first-order valence-electron chi connectivity index (χ1n) is 6.49. The third-order valence-corrected chi connectivity index (χ3v) is 4.19. The van der Waals surface area contributed by atoms with Crippen molar-refractivity contribution in [3.05, 3.63) is 59.2 Å². The van der Waals surface area contributed by atoms with Gasteiger partial charge in [0.2, 0.25) is 11.4 Å². The molecular formula is C16H12O5. The van der Waals surface area contributed by atoms with Crippen LogP contribution < -0.4 is 9.47 Å².